The van der Waals surface area contributed by atoms with Gasteiger partial charge in [0, 0.05) is 32.4 Å². The van der Waals surface area contributed by atoms with Crippen LogP contribution in [0.4, 0.5) is 11.5 Å². The molecule has 3 aliphatic heterocycles. The molecule has 8 heteroatoms. The van der Waals surface area contributed by atoms with Gasteiger partial charge in [0.1, 0.15) is 6.54 Å². The van der Waals surface area contributed by atoms with Gasteiger partial charge in [0.05, 0.1) is 10.7 Å². The Hall–Kier alpha value is -1.99. The highest BCUT2D eigenvalue weighted by Gasteiger charge is 2.37. The van der Waals surface area contributed by atoms with Crippen LogP contribution in [0.2, 0.25) is 5.02 Å². The topological polar surface area (TPSA) is 64.4 Å². The van der Waals surface area contributed by atoms with Gasteiger partial charge in [0.15, 0.2) is 17.5 Å². The Morgan fingerprint density at radius 3 is 2.68 bits per heavy atom. The Morgan fingerprint density at radius 1 is 1.14 bits per heavy atom. The van der Waals surface area contributed by atoms with Gasteiger partial charge < -0.3 is 14.7 Å². The minimum absolute atomic E-state index is 0.162. The zero-order valence-corrected chi connectivity index (χ0v) is 12.9. The predicted molar refractivity (Wildman–Crippen MR) is 85.2 cm³/mol. The number of anilines is 1. The highest BCUT2D eigenvalue weighted by Crippen LogP contribution is 2.35. The summed E-state index contributed by atoms with van der Waals surface area (Å²) in [6, 6.07) is 1.78. The van der Waals surface area contributed by atoms with Crippen molar-refractivity contribution in [1.29, 1.82) is 0 Å². The number of aliphatic imine (C=N–C) groups is 2. The summed E-state index contributed by atoms with van der Waals surface area (Å²) in [7, 11) is 2.10. The van der Waals surface area contributed by atoms with Gasteiger partial charge in [-0.15, -0.1) is 0 Å². The van der Waals surface area contributed by atoms with Crippen molar-refractivity contribution in [2.45, 2.75) is 0 Å². The fourth-order valence-electron chi connectivity index (χ4n) is 2.88. The van der Waals surface area contributed by atoms with Crippen LogP contribution in [0.1, 0.15) is 0 Å². The number of hydrogen-bond acceptors (Lipinski definition) is 6. The lowest BCUT2D eigenvalue weighted by molar-refractivity contribution is -0.115. The van der Waals surface area contributed by atoms with Gasteiger partial charge in [-0.1, -0.05) is 11.6 Å². The van der Waals surface area contributed by atoms with Crippen molar-refractivity contribution in [3.05, 3.63) is 17.3 Å². The second kappa shape index (κ2) is 5.03. The molecule has 0 saturated carbocycles. The molecule has 1 amide bonds. The molecule has 1 fully saturated rings. The molecule has 0 N–H and O–H groups in total. The van der Waals surface area contributed by atoms with Gasteiger partial charge in [-0.05, 0) is 13.1 Å². The van der Waals surface area contributed by atoms with Crippen LogP contribution in [0.15, 0.2) is 22.2 Å². The number of carbonyl (C=O) groups excluding carboxylic acids is 1. The van der Waals surface area contributed by atoms with E-state index in [0.29, 0.717) is 16.7 Å². The van der Waals surface area contributed by atoms with E-state index in [1.54, 1.807) is 12.3 Å². The first-order valence-electron chi connectivity index (χ1n) is 7.19. The molecular weight excluding hydrogens is 304 g/mol. The lowest BCUT2D eigenvalue weighted by Gasteiger charge is -2.37. The first-order valence-corrected chi connectivity index (χ1v) is 7.57. The third kappa shape index (κ3) is 2.17. The molecule has 0 aliphatic carbocycles. The van der Waals surface area contributed by atoms with Crippen molar-refractivity contribution in [1.82, 2.24) is 14.8 Å². The molecule has 0 unspecified atom stereocenters. The predicted octanol–water partition coefficient (Wildman–Crippen LogP) is 0.771. The monoisotopic (exact) mass is 318 g/mol. The Balaban J connectivity index is 1.78. The molecular formula is C14H15ClN6O. The molecule has 22 heavy (non-hydrogen) atoms. The number of pyridine rings is 1. The SMILES string of the molecule is CN1CCN(C2=Nc3ncc(Cl)cc3N3CC(=O)N=C23)CC1. The van der Waals surface area contributed by atoms with E-state index in [4.69, 9.17) is 11.6 Å². The summed E-state index contributed by atoms with van der Waals surface area (Å²) in [4.78, 5) is 31.2. The first kappa shape index (κ1) is 13.7. The number of nitrogens with zero attached hydrogens (tertiary/aromatic N) is 6. The summed E-state index contributed by atoms with van der Waals surface area (Å²) in [5.41, 5.74) is 0.745. The molecule has 1 aromatic rings. The lowest BCUT2D eigenvalue weighted by atomic mass is 10.2. The van der Waals surface area contributed by atoms with Crippen LogP contribution in [-0.2, 0) is 4.79 Å². The number of rotatable bonds is 0. The second-order valence-electron chi connectivity index (χ2n) is 5.64. The molecule has 7 nitrogen and oxygen atoms in total. The molecule has 4 rings (SSSR count). The maximum Gasteiger partial charge on any atom is 0.267 e. The fraction of sp³-hybridized carbons (Fsp3) is 0.429. The quantitative estimate of drug-likeness (QED) is 0.707. The molecule has 0 atom stereocenters. The minimum Gasteiger partial charge on any atom is -0.351 e. The molecule has 0 radical (unpaired) electrons. The van der Waals surface area contributed by atoms with Gasteiger partial charge in [0.25, 0.3) is 5.91 Å². The van der Waals surface area contributed by atoms with Gasteiger partial charge in [-0.2, -0.15) is 4.99 Å². The lowest BCUT2D eigenvalue weighted by Crippen LogP contribution is -2.52. The van der Waals surface area contributed by atoms with Crippen LogP contribution in [0.3, 0.4) is 0 Å². The average Bonchev–Trinajstić information content (AvgIpc) is 2.89. The summed E-state index contributed by atoms with van der Waals surface area (Å²) in [5.74, 6) is 1.78. The molecule has 114 valence electrons. The number of amides is 1. The van der Waals surface area contributed by atoms with Gasteiger partial charge in [0.2, 0.25) is 0 Å². The molecule has 0 bridgehead atoms. The first-order chi connectivity index (χ1) is 10.6. The highest BCUT2D eigenvalue weighted by molar-refractivity contribution is 6.50. The smallest absolute Gasteiger partial charge is 0.267 e. The largest absolute Gasteiger partial charge is 0.351 e. The van der Waals surface area contributed by atoms with Crippen molar-refractivity contribution in [2.24, 2.45) is 9.98 Å². The molecule has 0 aromatic carbocycles. The van der Waals surface area contributed by atoms with Gasteiger partial charge in [-0.3, -0.25) is 4.79 Å². The molecule has 3 aliphatic rings. The van der Waals surface area contributed by atoms with E-state index in [1.165, 1.54) is 0 Å². The number of fused-ring (bicyclic) bond motifs is 3. The summed E-state index contributed by atoms with van der Waals surface area (Å²) in [5, 5.41) is 0.524. The Morgan fingerprint density at radius 2 is 1.91 bits per heavy atom. The van der Waals surface area contributed by atoms with Crippen molar-refractivity contribution in [3.63, 3.8) is 0 Å². The molecule has 1 aromatic heterocycles. The van der Waals surface area contributed by atoms with Crippen molar-refractivity contribution >= 4 is 40.7 Å². The Kier molecular flexibility index (Phi) is 3.12. The number of halogens is 1. The van der Waals surface area contributed by atoms with E-state index < -0.39 is 0 Å². The highest BCUT2D eigenvalue weighted by atomic mass is 35.5. The standard InChI is InChI=1S/C14H15ClN6O/c1-19-2-4-20(5-3-19)13-14-17-11(22)8-21(14)10-6-9(15)7-16-12(10)18-13/h6-7H,2-5,8H2,1H3. The summed E-state index contributed by atoms with van der Waals surface area (Å²) in [6.07, 6.45) is 1.57. The maximum atomic E-state index is 11.8. The molecule has 1 saturated heterocycles. The van der Waals surface area contributed by atoms with Crippen molar-refractivity contribution in [2.75, 3.05) is 44.7 Å². The van der Waals surface area contributed by atoms with E-state index >= 15 is 0 Å². The third-order valence-electron chi connectivity index (χ3n) is 4.10. The number of aromatic nitrogens is 1. The summed E-state index contributed by atoms with van der Waals surface area (Å²) in [6.45, 7) is 3.86. The number of likely N-dealkylation sites (N-methyl/N-ethyl adjacent to an activating group) is 1. The Bertz CT molecular complexity index is 707. The molecule has 4 heterocycles. The normalized spacial score (nSPS) is 21.5. The van der Waals surface area contributed by atoms with E-state index in [9.17, 15) is 4.79 Å². The van der Waals surface area contributed by atoms with Crippen LogP contribution in [0, 0.1) is 0 Å². The van der Waals surface area contributed by atoms with E-state index in [1.807, 2.05) is 4.90 Å². The number of amidine groups is 2. The number of carbonyl (C=O) groups is 1. The maximum absolute atomic E-state index is 11.8. The van der Waals surface area contributed by atoms with E-state index in [-0.39, 0.29) is 12.5 Å². The number of piperazine rings is 1. The van der Waals surface area contributed by atoms with Crippen LogP contribution in [0.25, 0.3) is 0 Å². The van der Waals surface area contributed by atoms with E-state index in [0.717, 1.165) is 37.7 Å². The van der Waals surface area contributed by atoms with Crippen LogP contribution < -0.4 is 4.90 Å². The summed E-state index contributed by atoms with van der Waals surface area (Å²) < 4.78 is 0. The van der Waals surface area contributed by atoms with Gasteiger partial charge in [-0.25, -0.2) is 9.98 Å². The zero-order chi connectivity index (χ0) is 15.3. The van der Waals surface area contributed by atoms with E-state index in [2.05, 4.69) is 31.8 Å². The van der Waals surface area contributed by atoms with Crippen LogP contribution in [-0.4, -0.2) is 72.1 Å². The third-order valence-corrected chi connectivity index (χ3v) is 4.31. The summed E-state index contributed by atoms with van der Waals surface area (Å²) >= 11 is 6.03. The van der Waals surface area contributed by atoms with Crippen molar-refractivity contribution in [3.8, 4) is 0 Å². The molecule has 0 spiro atoms. The second-order valence-corrected chi connectivity index (χ2v) is 6.07. The van der Waals surface area contributed by atoms with Crippen LogP contribution in [0.5, 0.6) is 0 Å². The minimum atomic E-state index is -0.162. The van der Waals surface area contributed by atoms with Crippen molar-refractivity contribution < 1.29 is 4.79 Å². The Labute approximate surface area is 132 Å². The number of hydrogen-bond donors (Lipinski definition) is 0. The zero-order valence-electron chi connectivity index (χ0n) is 12.2. The fourth-order valence-corrected chi connectivity index (χ4v) is 3.03. The average molecular weight is 319 g/mol. The van der Waals surface area contributed by atoms with Gasteiger partial charge >= 0.3 is 0 Å². The van der Waals surface area contributed by atoms with Crippen LogP contribution >= 0.6 is 11.6 Å².